The zero-order valence-corrected chi connectivity index (χ0v) is 17.3. The smallest absolute Gasteiger partial charge is 0.214 e. The molecule has 2 aliphatic heterocycles. The van der Waals surface area contributed by atoms with Crippen LogP contribution < -0.4 is 10.1 Å². The topological polar surface area (TPSA) is 71.5 Å². The lowest BCUT2D eigenvalue weighted by Gasteiger charge is -2.31. The molecule has 1 aromatic heterocycles. The number of pyridine rings is 1. The van der Waals surface area contributed by atoms with E-state index in [9.17, 15) is 8.42 Å². The fraction of sp³-hybridized carbons (Fsp3) is 0.706. The van der Waals surface area contributed by atoms with Gasteiger partial charge in [-0.1, -0.05) is 0 Å². The number of sulfonamides is 1. The van der Waals surface area contributed by atoms with Gasteiger partial charge >= 0.3 is 0 Å². The Labute approximate surface area is 169 Å². The average molecular weight is 426 g/mol. The Morgan fingerprint density at radius 2 is 1.85 bits per heavy atom. The second-order valence-electron chi connectivity index (χ2n) is 6.65. The van der Waals surface area contributed by atoms with Gasteiger partial charge in [-0.05, 0) is 57.2 Å². The molecular formula is C17H29Cl2N3O3S. The van der Waals surface area contributed by atoms with Crippen LogP contribution in [0.5, 0.6) is 5.75 Å². The highest BCUT2D eigenvalue weighted by Crippen LogP contribution is 2.21. The number of nitrogens with one attached hydrogen (secondary N) is 1. The molecule has 3 heterocycles. The third kappa shape index (κ3) is 6.85. The fourth-order valence-electron chi connectivity index (χ4n) is 3.48. The quantitative estimate of drug-likeness (QED) is 0.726. The molecular weight excluding hydrogens is 397 g/mol. The van der Waals surface area contributed by atoms with E-state index >= 15 is 0 Å². The van der Waals surface area contributed by atoms with Crippen molar-refractivity contribution in [1.29, 1.82) is 0 Å². The van der Waals surface area contributed by atoms with Gasteiger partial charge in [0, 0.05) is 31.5 Å². The molecule has 0 aliphatic carbocycles. The SMILES string of the molecule is Cl.Cl.O=S(=O)(CCC[C@@H]1CCCN1)N1CCC(Oc2ccncc2)CC1. The molecule has 0 amide bonds. The molecule has 0 radical (unpaired) electrons. The molecule has 0 unspecified atom stereocenters. The van der Waals surface area contributed by atoms with E-state index in [2.05, 4.69) is 10.3 Å². The van der Waals surface area contributed by atoms with Crippen LogP contribution in [0.3, 0.4) is 0 Å². The Morgan fingerprint density at radius 3 is 2.46 bits per heavy atom. The number of hydrogen-bond donors (Lipinski definition) is 1. The van der Waals surface area contributed by atoms with Crippen molar-refractivity contribution in [2.45, 2.75) is 50.7 Å². The van der Waals surface area contributed by atoms with Gasteiger partial charge in [0.1, 0.15) is 11.9 Å². The van der Waals surface area contributed by atoms with Crippen LogP contribution in [0.4, 0.5) is 0 Å². The van der Waals surface area contributed by atoms with Crippen LogP contribution in [-0.2, 0) is 10.0 Å². The Kier molecular flexibility index (Phi) is 10.2. The van der Waals surface area contributed by atoms with Crippen LogP contribution in [0.25, 0.3) is 0 Å². The Morgan fingerprint density at radius 1 is 1.15 bits per heavy atom. The number of halogens is 2. The van der Waals surface area contributed by atoms with E-state index in [0.717, 1.165) is 38.0 Å². The molecule has 1 aromatic rings. The minimum absolute atomic E-state index is 0. The highest BCUT2D eigenvalue weighted by Gasteiger charge is 2.28. The normalized spacial score (nSPS) is 21.6. The molecule has 3 rings (SSSR count). The van der Waals surface area contributed by atoms with Crippen molar-refractivity contribution >= 4 is 34.8 Å². The fourth-order valence-corrected chi connectivity index (χ4v) is 5.04. The van der Waals surface area contributed by atoms with Crippen molar-refractivity contribution in [1.82, 2.24) is 14.6 Å². The predicted octanol–water partition coefficient (Wildman–Crippen LogP) is 2.63. The number of ether oxygens (including phenoxy) is 1. The molecule has 6 nitrogen and oxygen atoms in total. The predicted molar refractivity (Wildman–Crippen MR) is 108 cm³/mol. The summed E-state index contributed by atoms with van der Waals surface area (Å²) in [5.74, 6) is 1.07. The number of rotatable bonds is 7. The summed E-state index contributed by atoms with van der Waals surface area (Å²) in [4.78, 5) is 3.97. The van der Waals surface area contributed by atoms with Gasteiger partial charge in [0.2, 0.25) is 10.0 Å². The van der Waals surface area contributed by atoms with Crippen LogP contribution in [-0.4, -0.2) is 55.2 Å². The van der Waals surface area contributed by atoms with Crippen LogP contribution >= 0.6 is 24.8 Å². The van der Waals surface area contributed by atoms with Crippen LogP contribution in [0.15, 0.2) is 24.5 Å². The first-order valence-corrected chi connectivity index (χ1v) is 10.5. The zero-order chi connectivity index (χ0) is 16.8. The van der Waals surface area contributed by atoms with Gasteiger partial charge in [0.05, 0.1) is 5.75 Å². The molecule has 150 valence electrons. The van der Waals surface area contributed by atoms with E-state index in [1.807, 2.05) is 12.1 Å². The highest BCUT2D eigenvalue weighted by atomic mass is 35.5. The maximum Gasteiger partial charge on any atom is 0.214 e. The summed E-state index contributed by atoms with van der Waals surface area (Å²) in [6.07, 6.45) is 9.07. The summed E-state index contributed by atoms with van der Waals surface area (Å²) in [5, 5.41) is 3.42. The third-order valence-corrected chi connectivity index (χ3v) is 6.82. The first-order valence-electron chi connectivity index (χ1n) is 8.91. The van der Waals surface area contributed by atoms with Gasteiger partial charge in [-0.15, -0.1) is 24.8 Å². The second-order valence-corrected chi connectivity index (χ2v) is 8.74. The Balaban J connectivity index is 0.00000169. The molecule has 0 bridgehead atoms. The lowest BCUT2D eigenvalue weighted by Crippen LogP contribution is -2.42. The molecule has 1 N–H and O–H groups in total. The van der Waals surface area contributed by atoms with Crippen LogP contribution in [0.1, 0.15) is 38.5 Å². The first kappa shape index (κ1) is 23.4. The minimum Gasteiger partial charge on any atom is -0.490 e. The Hall–Kier alpha value is -0.600. The van der Waals surface area contributed by atoms with Gasteiger partial charge in [-0.25, -0.2) is 12.7 Å². The molecule has 0 saturated carbocycles. The van der Waals surface area contributed by atoms with Crippen molar-refractivity contribution in [2.24, 2.45) is 0 Å². The molecule has 9 heteroatoms. The monoisotopic (exact) mass is 425 g/mol. The van der Waals surface area contributed by atoms with Gasteiger partial charge < -0.3 is 10.1 Å². The zero-order valence-electron chi connectivity index (χ0n) is 14.9. The molecule has 0 aromatic carbocycles. The number of hydrogen-bond acceptors (Lipinski definition) is 5. The number of nitrogens with zero attached hydrogens (tertiary/aromatic N) is 2. The van der Waals surface area contributed by atoms with Crippen molar-refractivity contribution in [3.8, 4) is 5.75 Å². The average Bonchev–Trinajstić information content (AvgIpc) is 3.10. The second kappa shape index (κ2) is 11.3. The van der Waals surface area contributed by atoms with E-state index in [0.29, 0.717) is 19.1 Å². The van der Waals surface area contributed by atoms with Crippen LogP contribution in [0.2, 0.25) is 0 Å². The van der Waals surface area contributed by atoms with E-state index in [4.69, 9.17) is 4.74 Å². The highest BCUT2D eigenvalue weighted by molar-refractivity contribution is 7.89. The van der Waals surface area contributed by atoms with Gasteiger partial charge in [-0.3, -0.25) is 4.98 Å². The molecule has 26 heavy (non-hydrogen) atoms. The molecule has 2 saturated heterocycles. The summed E-state index contributed by atoms with van der Waals surface area (Å²) in [6.45, 7) is 2.18. The molecule has 2 aliphatic rings. The summed E-state index contributed by atoms with van der Waals surface area (Å²) >= 11 is 0. The van der Waals surface area contributed by atoms with Gasteiger partial charge in [0.15, 0.2) is 0 Å². The minimum atomic E-state index is -3.13. The van der Waals surface area contributed by atoms with Crippen molar-refractivity contribution < 1.29 is 13.2 Å². The largest absolute Gasteiger partial charge is 0.490 e. The van der Waals surface area contributed by atoms with Crippen molar-refractivity contribution in [3.05, 3.63) is 24.5 Å². The van der Waals surface area contributed by atoms with Crippen molar-refractivity contribution in [2.75, 3.05) is 25.4 Å². The number of piperidine rings is 1. The van der Waals surface area contributed by atoms with E-state index in [-0.39, 0.29) is 36.7 Å². The Bertz CT molecular complexity index is 605. The van der Waals surface area contributed by atoms with E-state index in [1.165, 1.54) is 12.8 Å². The number of aromatic nitrogens is 1. The van der Waals surface area contributed by atoms with E-state index in [1.54, 1.807) is 16.7 Å². The van der Waals surface area contributed by atoms with Crippen molar-refractivity contribution in [3.63, 3.8) is 0 Å². The van der Waals surface area contributed by atoms with Gasteiger partial charge in [0.25, 0.3) is 0 Å². The molecule has 1 atom stereocenters. The standard InChI is InChI=1S/C17H27N3O3S.2ClH/c21-24(22,14-2-4-15-3-1-9-19-15)20-12-7-17(8-13-20)23-16-5-10-18-11-6-16;;/h5-6,10-11,15,17,19H,1-4,7-9,12-14H2;2*1H/t15-;;/m0../s1. The maximum absolute atomic E-state index is 12.5. The lowest BCUT2D eigenvalue weighted by atomic mass is 10.1. The summed E-state index contributed by atoms with van der Waals surface area (Å²) < 4.78 is 32.5. The first-order chi connectivity index (χ1) is 11.6. The summed E-state index contributed by atoms with van der Waals surface area (Å²) in [5.41, 5.74) is 0. The molecule has 0 spiro atoms. The molecule has 2 fully saturated rings. The van der Waals surface area contributed by atoms with E-state index < -0.39 is 10.0 Å². The summed E-state index contributed by atoms with van der Waals surface area (Å²) in [6, 6.07) is 4.18. The summed E-state index contributed by atoms with van der Waals surface area (Å²) in [7, 11) is -3.13. The maximum atomic E-state index is 12.5. The van der Waals surface area contributed by atoms with Gasteiger partial charge in [-0.2, -0.15) is 0 Å². The van der Waals surface area contributed by atoms with Crippen LogP contribution in [0, 0.1) is 0 Å². The third-order valence-electron chi connectivity index (χ3n) is 4.86. The lowest BCUT2D eigenvalue weighted by molar-refractivity contribution is 0.135.